The van der Waals surface area contributed by atoms with Crippen molar-refractivity contribution < 1.29 is 131 Å². The van der Waals surface area contributed by atoms with Crippen LogP contribution in [0.25, 0.3) is 0 Å². The van der Waals surface area contributed by atoms with E-state index in [-0.39, 0.29) is 72.1 Å². The van der Waals surface area contributed by atoms with Crippen LogP contribution in [-0.2, 0) is 99.1 Å². The van der Waals surface area contributed by atoms with E-state index in [1.165, 1.54) is 74.7 Å². The quantitative estimate of drug-likeness (QED) is 0.0157. The van der Waals surface area contributed by atoms with E-state index in [1.807, 2.05) is 66.6 Å². The third-order valence-electron chi connectivity index (χ3n) is 23.8. The van der Waals surface area contributed by atoms with E-state index in [9.17, 15) is 47.9 Å². The molecule has 0 unspecified atom stereocenters. The van der Waals surface area contributed by atoms with E-state index < -0.39 is 11.9 Å². The summed E-state index contributed by atoms with van der Waals surface area (Å²) >= 11 is 0. The molecule has 0 spiro atoms. The van der Waals surface area contributed by atoms with Gasteiger partial charge in [-0.05, 0) is 134 Å². The summed E-state index contributed by atoms with van der Waals surface area (Å²) in [7, 11) is 56.7. The highest BCUT2D eigenvalue weighted by molar-refractivity contribution is 5.92. The lowest BCUT2D eigenvalue weighted by molar-refractivity contribution is -0.923. The number of amides is 4. The van der Waals surface area contributed by atoms with Gasteiger partial charge in [-0.1, -0.05) is 119 Å². The second-order valence-corrected chi connectivity index (χ2v) is 48.1. The molecular formula is C114H216N14O18+10. The number of benzene rings is 2. The first-order valence-corrected chi connectivity index (χ1v) is 52.6. The van der Waals surface area contributed by atoms with E-state index in [2.05, 4.69) is 266 Å². The van der Waals surface area contributed by atoms with Crippen LogP contribution in [-0.4, -0.2) is 459 Å². The van der Waals surface area contributed by atoms with Crippen LogP contribution in [0.4, 0.5) is 0 Å². The monoisotopic (exact) mass is 2070 g/mol. The van der Waals surface area contributed by atoms with Gasteiger partial charge in [-0.2, -0.15) is 0 Å². The summed E-state index contributed by atoms with van der Waals surface area (Å²) < 4.78 is 50.6. The van der Waals surface area contributed by atoms with Gasteiger partial charge < -0.3 is 104 Å². The Morgan fingerprint density at radius 2 is 0.671 bits per heavy atom. The average Bonchev–Trinajstić information content (AvgIpc) is 0.740. The Balaban J connectivity index is -0.000000775. The molecular weight excluding hydrogens is 1850 g/mol. The summed E-state index contributed by atoms with van der Waals surface area (Å²) in [6, 6.07) is 20.7. The molecule has 4 N–H and O–H groups in total. The summed E-state index contributed by atoms with van der Waals surface area (Å²) in [6.45, 7) is 53.0. The average molecular weight is 2070 g/mol. The Morgan fingerprint density at radius 1 is 0.349 bits per heavy atom. The van der Waals surface area contributed by atoms with Crippen LogP contribution in [0.2, 0.25) is 0 Å². The van der Waals surface area contributed by atoms with Crippen LogP contribution < -0.4 is 21.3 Å². The number of quaternary nitrogens is 10. The molecule has 5 aliphatic rings. The number of ether oxygens (including phenoxy) is 8. The van der Waals surface area contributed by atoms with E-state index in [1.54, 1.807) is 20.8 Å². The number of rotatable bonds is 53. The topological polar surface area (TPSA) is 293 Å². The van der Waals surface area contributed by atoms with Gasteiger partial charge in [0, 0.05) is 61.6 Å². The second-order valence-electron chi connectivity index (χ2n) is 48.1. The van der Waals surface area contributed by atoms with E-state index >= 15 is 0 Å². The van der Waals surface area contributed by atoms with Crippen molar-refractivity contribution in [2.24, 2.45) is 29.1 Å². The molecule has 0 atom stereocenters. The number of hydrogen-bond acceptors (Lipinski definition) is 18. The maximum atomic E-state index is 12.6. The van der Waals surface area contributed by atoms with Gasteiger partial charge >= 0.3 is 35.8 Å². The van der Waals surface area contributed by atoms with Crippen molar-refractivity contribution in [2.45, 2.75) is 151 Å². The number of nitrogens with one attached hydrogen (secondary N) is 4. The van der Waals surface area contributed by atoms with Gasteiger partial charge in [0.15, 0.2) is 13.2 Å². The second kappa shape index (κ2) is 75.7. The predicted molar refractivity (Wildman–Crippen MR) is 594 cm³/mol. The van der Waals surface area contributed by atoms with Crippen molar-refractivity contribution in [3.63, 3.8) is 0 Å². The fourth-order valence-corrected chi connectivity index (χ4v) is 15.0. The van der Waals surface area contributed by atoms with Crippen LogP contribution in [0.15, 0.2) is 135 Å². The Labute approximate surface area is 887 Å². The minimum Gasteiger partial charge on any atom is -0.462 e. The van der Waals surface area contributed by atoms with Gasteiger partial charge in [0.2, 0.25) is 23.6 Å². The molecule has 2 aromatic carbocycles. The summed E-state index contributed by atoms with van der Waals surface area (Å²) in [5.41, 5.74) is 3.81. The molecule has 5 fully saturated rings. The molecule has 146 heavy (non-hydrogen) atoms. The summed E-state index contributed by atoms with van der Waals surface area (Å²) in [6.07, 6.45) is 19.4. The molecule has 5 saturated carbocycles. The van der Waals surface area contributed by atoms with E-state index in [4.69, 9.17) is 37.9 Å². The minimum absolute atomic E-state index is 0.0206. The fourth-order valence-electron chi connectivity index (χ4n) is 15.0. The van der Waals surface area contributed by atoms with Gasteiger partial charge in [-0.3, -0.25) is 28.8 Å². The van der Waals surface area contributed by atoms with Crippen LogP contribution >= 0.6 is 0 Å². The molecule has 7 rings (SSSR count). The van der Waals surface area contributed by atoms with Crippen molar-refractivity contribution in [3.05, 3.63) is 146 Å². The van der Waals surface area contributed by atoms with Crippen molar-refractivity contribution in [3.8, 4) is 0 Å². The molecule has 2 aromatic rings. The zero-order valence-corrected chi connectivity index (χ0v) is 98.6. The van der Waals surface area contributed by atoms with Gasteiger partial charge in [-0.25, -0.2) is 19.2 Å². The smallest absolute Gasteiger partial charge is 0.344 e. The first-order valence-electron chi connectivity index (χ1n) is 52.6. The number of esters is 6. The van der Waals surface area contributed by atoms with Gasteiger partial charge in [0.1, 0.15) is 39.4 Å². The minimum atomic E-state index is -0.461. The Kier molecular flexibility index (Phi) is 74.4. The first-order chi connectivity index (χ1) is 67.3. The lowest BCUT2D eigenvalue weighted by Gasteiger charge is -2.55. The zero-order valence-electron chi connectivity index (χ0n) is 98.6. The number of nitrogens with zero attached hydrogens (tertiary/aromatic N) is 10. The normalized spacial score (nSPS) is 15.7. The molecule has 4 amide bonds. The number of carbonyl (C=O) groups excluding carboxylic acids is 10. The van der Waals surface area contributed by atoms with E-state index in [0.717, 1.165) is 220 Å². The van der Waals surface area contributed by atoms with Crippen LogP contribution in [0.1, 0.15) is 149 Å². The van der Waals surface area contributed by atoms with Gasteiger partial charge in [-0.15, -0.1) is 0 Å². The summed E-state index contributed by atoms with van der Waals surface area (Å²) in [4.78, 5) is 112. The van der Waals surface area contributed by atoms with Crippen LogP contribution in [0, 0.1) is 29.1 Å². The van der Waals surface area contributed by atoms with Gasteiger partial charge in [0.25, 0.3) is 0 Å². The number of hydrogen-bond donors (Lipinski definition) is 4. The Bertz CT molecular complexity index is 3900. The molecule has 4 bridgehead atoms. The molecule has 5 aliphatic carbocycles. The Morgan fingerprint density at radius 3 is 1.01 bits per heavy atom. The molecule has 32 nitrogen and oxygen atoms in total. The van der Waals surface area contributed by atoms with Crippen molar-refractivity contribution in [1.82, 2.24) is 21.3 Å². The molecule has 0 saturated heterocycles. The van der Waals surface area contributed by atoms with Crippen molar-refractivity contribution in [2.75, 3.05) is 354 Å². The van der Waals surface area contributed by atoms with Crippen LogP contribution in [0.3, 0.4) is 0 Å². The standard InChI is InChI=1S/C18H30NO4.C15H26NO.C14H26NO4.C12H20NO.C10H20N2O.C10H20NO2.2C9H18N2O.C9H18NO2.C8H16N2O/c1-19(2,3)4-5-22-16(20)12-23-17(21)18-9-13-6-14(10-18)8-15(7-13)11-18;1-4-16(5-2,6-3)12-13-17-14-15-10-8-7-9-11-15;1-15(2,3)9-10-18-13(16)11-19-14(17)12-7-5-4-6-8-12;1-13(2,3)9-10-14-11-12-7-5-4-6-8-12;1-9(2)10(13)11-7-6-8-12(3,4)5;1-9(2)10(12)13-8-6-7-11(3,4)5;1-8(2)9(12)10-6-7-11(3,4)5;1-5-9(12)10-7-6-8-11(2,3)4;1-5-9(11)12-8-6-7-10(2,3)4;1-5-8(11)9-6-7-10(2,3)4/h13-15H,4-12H2,1-3H3;7-11H,4-6,12-14H2,1-3H3;12H,4-11H2,1-3H3;4-8H,9-11H2,1-3H3;2*1,6-8H2,2-5H3;1,6-7H2,2-5H3;2*5H,1,6-8H2,2-4H3;5H,1,6-7H2,2-4H3/q4*+1;;+1;;;+1;/p+4. The Hall–Kier alpha value is -8.90. The largest absolute Gasteiger partial charge is 0.462 e. The molecule has 840 valence electrons. The molecule has 0 aromatic heterocycles. The molecule has 0 heterocycles. The highest BCUT2D eigenvalue weighted by Crippen LogP contribution is 2.60. The third-order valence-corrected chi connectivity index (χ3v) is 23.8. The highest BCUT2D eigenvalue weighted by Gasteiger charge is 2.55. The summed E-state index contributed by atoms with van der Waals surface area (Å²) in [5, 5.41) is 11.0. The predicted octanol–water partition coefficient (Wildman–Crippen LogP) is 11.9. The lowest BCUT2D eigenvalue weighted by Crippen LogP contribution is -2.50. The molecule has 0 radical (unpaired) electrons. The van der Waals surface area contributed by atoms with Crippen LogP contribution in [0.5, 0.6) is 0 Å². The first kappa shape index (κ1) is 143. The lowest BCUT2D eigenvalue weighted by atomic mass is 9.49. The summed E-state index contributed by atoms with van der Waals surface area (Å²) in [5.74, 6) is -0.121. The van der Waals surface area contributed by atoms with Crippen molar-refractivity contribution >= 4 is 59.4 Å². The maximum Gasteiger partial charge on any atom is 0.344 e. The van der Waals surface area contributed by atoms with Crippen molar-refractivity contribution in [1.29, 1.82) is 0 Å². The van der Waals surface area contributed by atoms with E-state index in [0.29, 0.717) is 74.0 Å². The molecule has 0 aliphatic heterocycles. The number of likely N-dealkylation sites (N-methyl/N-ethyl adjacent to an activating group) is 6. The fraction of sp³-hybridized carbons (Fsp3) is 0.702. The number of carbonyl (C=O) groups is 10. The SMILES string of the molecule is C=C(C)C(=O)NCCC[N+](C)(C)C.C=C(C)C(=O)NCC[N+](C)(C)C.C=C(C)C(=O)OCCC[N+](C)(C)C.C=CC(=O)NCCC[N+](C)(C)C.C=CC(=O)NCC[N+](C)(C)C.C=CC(=O)OCCC[N+](C)(C)C.CC[N+](CC)(CC)CCOCc1ccccc1.C[N+](C)(C)CCOC(=O)COC(=O)C12CC3CC(CC(C3)C1)C2.C[N+](C)(C)CCOC(=O)COC(=O)C1CCCCC1.C[N+](C)(C)CCOCc1ccccc1. The van der Waals surface area contributed by atoms with Gasteiger partial charge in [0.05, 0.1) is 313 Å². The highest BCUT2D eigenvalue weighted by atomic mass is 16.6. The third kappa shape index (κ3) is 89.1. The molecule has 32 heteroatoms. The zero-order chi connectivity index (χ0) is 113. The maximum absolute atomic E-state index is 12.6.